The number of hydrogen-bond acceptors (Lipinski definition) is 2. The van der Waals surface area contributed by atoms with Gasteiger partial charge in [-0.3, -0.25) is 10.1 Å². The van der Waals surface area contributed by atoms with Gasteiger partial charge in [-0.2, -0.15) is 0 Å². The molecule has 2 N–H and O–H groups in total. The summed E-state index contributed by atoms with van der Waals surface area (Å²) >= 11 is 5.25. The van der Waals surface area contributed by atoms with Crippen molar-refractivity contribution in [3.8, 4) is 0 Å². The SMILES string of the molecule is Cc1cccc(C(=O)NC(=S)Nc2c(C)cc(C)cc2C)c1. The molecule has 0 bridgehead atoms. The molecule has 0 fully saturated rings. The fourth-order valence-electron chi connectivity index (χ4n) is 2.48. The molecule has 0 aliphatic carbocycles. The molecule has 2 rings (SSSR count). The van der Waals surface area contributed by atoms with E-state index in [1.54, 1.807) is 6.07 Å². The van der Waals surface area contributed by atoms with Crippen LogP contribution in [0.15, 0.2) is 36.4 Å². The highest BCUT2D eigenvalue weighted by Crippen LogP contribution is 2.21. The van der Waals surface area contributed by atoms with Gasteiger partial charge in [0.15, 0.2) is 5.11 Å². The number of carbonyl (C=O) groups is 1. The maximum absolute atomic E-state index is 12.2. The van der Waals surface area contributed by atoms with Crippen molar-refractivity contribution in [2.24, 2.45) is 0 Å². The summed E-state index contributed by atoms with van der Waals surface area (Å²) in [5, 5.41) is 6.15. The minimum Gasteiger partial charge on any atom is -0.332 e. The topological polar surface area (TPSA) is 41.1 Å². The van der Waals surface area contributed by atoms with Gasteiger partial charge in [0.25, 0.3) is 5.91 Å². The number of amides is 1. The van der Waals surface area contributed by atoms with E-state index in [1.165, 1.54) is 5.56 Å². The van der Waals surface area contributed by atoms with E-state index in [0.717, 1.165) is 22.4 Å². The molecule has 0 heterocycles. The Hall–Kier alpha value is -2.20. The zero-order valence-corrected chi connectivity index (χ0v) is 14.1. The fraction of sp³-hybridized carbons (Fsp3) is 0.222. The second-order valence-electron chi connectivity index (χ2n) is 5.55. The predicted octanol–water partition coefficient (Wildman–Crippen LogP) is 4.05. The van der Waals surface area contributed by atoms with Crippen LogP contribution in [0.5, 0.6) is 0 Å². The van der Waals surface area contributed by atoms with Crippen LogP contribution in [0.2, 0.25) is 0 Å². The molecule has 0 aliphatic rings. The molecule has 1 amide bonds. The number of carbonyl (C=O) groups excluding carboxylic acids is 1. The molecule has 3 nitrogen and oxygen atoms in total. The van der Waals surface area contributed by atoms with Crippen LogP contribution < -0.4 is 10.6 Å². The van der Waals surface area contributed by atoms with Gasteiger partial charge in [-0.15, -0.1) is 0 Å². The molecule has 0 spiro atoms. The van der Waals surface area contributed by atoms with Crippen molar-refractivity contribution >= 4 is 28.9 Å². The smallest absolute Gasteiger partial charge is 0.257 e. The van der Waals surface area contributed by atoms with Crippen LogP contribution >= 0.6 is 12.2 Å². The van der Waals surface area contributed by atoms with E-state index in [1.807, 2.05) is 39.0 Å². The summed E-state index contributed by atoms with van der Waals surface area (Å²) < 4.78 is 0. The minimum absolute atomic E-state index is 0.205. The number of thiocarbonyl (C=S) groups is 1. The first-order chi connectivity index (χ1) is 10.4. The molecular formula is C18H20N2OS. The van der Waals surface area contributed by atoms with Gasteiger partial charge < -0.3 is 5.32 Å². The Bertz CT molecular complexity index is 715. The molecule has 2 aromatic rings. The summed E-state index contributed by atoms with van der Waals surface area (Å²) in [5.41, 5.74) is 5.99. The summed E-state index contributed by atoms with van der Waals surface area (Å²) in [5.74, 6) is -0.205. The van der Waals surface area contributed by atoms with Crippen molar-refractivity contribution < 1.29 is 4.79 Å². The normalized spacial score (nSPS) is 10.2. The van der Waals surface area contributed by atoms with E-state index >= 15 is 0 Å². The summed E-state index contributed by atoms with van der Waals surface area (Å²) in [6.07, 6.45) is 0. The van der Waals surface area contributed by atoms with Gasteiger partial charge in [-0.1, -0.05) is 35.4 Å². The van der Waals surface area contributed by atoms with Crippen molar-refractivity contribution in [1.29, 1.82) is 0 Å². The van der Waals surface area contributed by atoms with Gasteiger partial charge in [0, 0.05) is 11.3 Å². The van der Waals surface area contributed by atoms with E-state index in [2.05, 4.69) is 29.7 Å². The molecule has 0 unspecified atom stereocenters. The first-order valence-electron chi connectivity index (χ1n) is 7.13. The summed E-state index contributed by atoms with van der Waals surface area (Å²) in [4.78, 5) is 12.2. The molecule has 0 atom stereocenters. The number of hydrogen-bond donors (Lipinski definition) is 2. The highest BCUT2D eigenvalue weighted by atomic mass is 32.1. The molecule has 0 saturated heterocycles. The van der Waals surface area contributed by atoms with Crippen LogP contribution in [0.1, 0.15) is 32.6 Å². The standard InChI is InChI=1S/C18H20N2OS/c1-11-6-5-7-15(10-11)17(21)20-18(22)19-16-13(3)8-12(2)9-14(16)4/h5-10H,1-4H3,(H2,19,20,21,22). The molecule has 0 aromatic heterocycles. The lowest BCUT2D eigenvalue weighted by Crippen LogP contribution is -2.34. The summed E-state index contributed by atoms with van der Waals surface area (Å²) in [6, 6.07) is 11.6. The Morgan fingerprint density at radius 1 is 0.955 bits per heavy atom. The van der Waals surface area contributed by atoms with E-state index < -0.39 is 0 Å². The summed E-state index contributed by atoms with van der Waals surface area (Å²) in [6.45, 7) is 8.05. The van der Waals surface area contributed by atoms with Gasteiger partial charge in [-0.05, 0) is 63.2 Å². The fourth-order valence-corrected chi connectivity index (χ4v) is 2.68. The Labute approximate surface area is 136 Å². The first kappa shape index (κ1) is 16.2. The van der Waals surface area contributed by atoms with E-state index in [4.69, 9.17) is 12.2 Å². The lowest BCUT2D eigenvalue weighted by atomic mass is 10.1. The van der Waals surface area contributed by atoms with Crippen LogP contribution in [0, 0.1) is 27.7 Å². The van der Waals surface area contributed by atoms with Crippen molar-refractivity contribution in [2.75, 3.05) is 5.32 Å². The lowest BCUT2D eigenvalue weighted by molar-refractivity contribution is 0.0977. The van der Waals surface area contributed by atoms with Gasteiger partial charge in [0.2, 0.25) is 0 Å². The van der Waals surface area contributed by atoms with Gasteiger partial charge in [-0.25, -0.2) is 0 Å². The second-order valence-corrected chi connectivity index (χ2v) is 5.96. The van der Waals surface area contributed by atoms with Crippen molar-refractivity contribution in [3.05, 3.63) is 64.2 Å². The third kappa shape index (κ3) is 3.92. The van der Waals surface area contributed by atoms with Crippen LogP contribution in [-0.4, -0.2) is 11.0 Å². The van der Waals surface area contributed by atoms with Crippen LogP contribution in [0.25, 0.3) is 0 Å². The van der Waals surface area contributed by atoms with Crippen molar-refractivity contribution in [2.45, 2.75) is 27.7 Å². The maximum atomic E-state index is 12.2. The van der Waals surface area contributed by atoms with Crippen LogP contribution in [0.4, 0.5) is 5.69 Å². The van der Waals surface area contributed by atoms with Gasteiger partial charge >= 0.3 is 0 Å². The average Bonchev–Trinajstić information content (AvgIpc) is 2.42. The maximum Gasteiger partial charge on any atom is 0.257 e. The van der Waals surface area contributed by atoms with Gasteiger partial charge in [0.1, 0.15) is 0 Å². The Balaban J connectivity index is 2.09. The summed E-state index contributed by atoms with van der Waals surface area (Å²) in [7, 11) is 0. The Morgan fingerprint density at radius 3 is 2.18 bits per heavy atom. The zero-order valence-electron chi connectivity index (χ0n) is 13.3. The quantitative estimate of drug-likeness (QED) is 0.822. The van der Waals surface area contributed by atoms with Crippen LogP contribution in [-0.2, 0) is 0 Å². The van der Waals surface area contributed by atoms with Crippen LogP contribution in [0.3, 0.4) is 0 Å². The first-order valence-corrected chi connectivity index (χ1v) is 7.54. The molecule has 114 valence electrons. The minimum atomic E-state index is -0.205. The monoisotopic (exact) mass is 312 g/mol. The third-order valence-electron chi connectivity index (χ3n) is 3.42. The van der Waals surface area contributed by atoms with Crippen molar-refractivity contribution in [1.82, 2.24) is 5.32 Å². The van der Waals surface area contributed by atoms with E-state index in [9.17, 15) is 4.79 Å². The zero-order chi connectivity index (χ0) is 16.3. The number of rotatable bonds is 2. The molecule has 0 radical (unpaired) electrons. The lowest BCUT2D eigenvalue weighted by Gasteiger charge is -2.15. The second kappa shape index (κ2) is 6.71. The number of benzene rings is 2. The van der Waals surface area contributed by atoms with Gasteiger partial charge in [0.05, 0.1) is 0 Å². The number of anilines is 1. The number of aryl methyl sites for hydroxylation is 4. The molecule has 0 aliphatic heterocycles. The average molecular weight is 312 g/mol. The molecular weight excluding hydrogens is 292 g/mol. The molecule has 22 heavy (non-hydrogen) atoms. The Kier molecular flexibility index (Phi) is 4.93. The van der Waals surface area contributed by atoms with E-state index in [0.29, 0.717) is 10.7 Å². The Morgan fingerprint density at radius 2 is 1.59 bits per heavy atom. The molecule has 2 aromatic carbocycles. The number of nitrogens with one attached hydrogen (secondary N) is 2. The largest absolute Gasteiger partial charge is 0.332 e. The third-order valence-corrected chi connectivity index (χ3v) is 3.63. The van der Waals surface area contributed by atoms with Crippen molar-refractivity contribution in [3.63, 3.8) is 0 Å². The highest BCUT2D eigenvalue weighted by molar-refractivity contribution is 7.80. The van der Waals surface area contributed by atoms with E-state index in [-0.39, 0.29) is 5.91 Å². The highest BCUT2D eigenvalue weighted by Gasteiger charge is 2.10. The molecule has 0 saturated carbocycles. The molecule has 4 heteroatoms. The predicted molar refractivity (Wildman–Crippen MR) is 95.5 cm³/mol.